The van der Waals surface area contributed by atoms with Crippen molar-refractivity contribution in [3.63, 3.8) is 0 Å². The summed E-state index contributed by atoms with van der Waals surface area (Å²) in [4.78, 5) is 14.4. The molecule has 2 aromatic rings. The van der Waals surface area contributed by atoms with E-state index in [9.17, 15) is 18.3 Å². The lowest BCUT2D eigenvalue weighted by Gasteiger charge is -2.29. The summed E-state index contributed by atoms with van der Waals surface area (Å²) in [5, 5.41) is 9.94. The number of benzene rings is 2. The number of hydrogen-bond acceptors (Lipinski definition) is 8. The number of esters is 1. The molecule has 10 heteroatoms. The number of aliphatic hydroxyl groups is 1. The second-order valence-electron chi connectivity index (χ2n) is 8.08. The van der Waals surface area contributed by atoms with Crippen molar-refractivity contribution in [1.29, 1.82) is 0 Å². The standard InChI is InChI=1S/C24H32N2O6S2/c1-5-6-10-18-15-26(17-11-8-7-9-12-17)19-13-22(33-4)21(32-16-20(27)24(28)31-3)14-23(19)34(29,30)25(18)2/h7-9,11-14,18,20,27H,5-6,10,15-16H2,1-4H3. The van der Waals surface area contributed by atoms with Gasteiger partial charge in [-0.25, -0.2) is 13.2 Å². The Labute approximate surface area is 205 Å². The van der Waals surface area contributed by atoms with Gasteiger partial charge in [-0.1, -0.05) is 38.0 Å². The number of carbonyl (C=O) groups is 1. The van der Waals surface area contributed by atoms with Gasteiger partial charge in [0, 0.05) is 31.4 Å². The Kier molecular flexibility index (Phi) is 8.86. The van der Waals surface area contributed by atoms with Gasteiger partial charge in [-0.3, -0.25) is 0 Å². The van der Waals surface area contributed by atoms with Crippen molar-refractivity contribution in [2.24, 2.45) is 0 Å². The summed E-state index contributed by atoms with van der Waals surface area (Å²) in [5.41, 5.74) is 1.47. The molecule has 0 fully saturated rings. The molecule has 0 aliphatic carbocycles. The van der Waals surface area contributed by atoms with Crippen LogP contribution in [0, 0.1) is 0 Å². The molecule has 1 heterocycles. The first-order valence-corrected chi connectivity index (χ1v) is 13.8. The van der Waals surface area contributed by atoms with Crippen LogP contribution in [0.15, 0.2) is 52.3 Å². The fourth-order valence-electron chi connectivity index (χ4n) is 3.93. The third-order valence-electron chi connectivity index (χ3n) is 5.93. The van der Waals surface area contributed by atoms with Crippen LogP contribution in [0.1, 0.15) is 26.2 Å². The normalized spacial score (nSPS) is 18.6. The van der Waals surface area contributed by atoms with Crippen molar-refractivity contribution >= 4 is 39.1 Å². The van der Waals surface area contributed by atoms with E-state index in [-0.39, 0.29) is 23.3 Å². The fourth-order valence-corrected chi connectivity index (χ4v) is 6.05. The first-order chi connectivity index (χ1) is 16.2. The number of unbranched alkanes of at least 4 members (excludes halogenated alkanes) is 1. The van der Waals surface area contributed by atoms with Gasteiger partial charge in [-0.15, -0.1) is 11.8 Å². The summed E-state index contributed by atoms with van der Waals surface area (Å²) in [6, 6.07) is 12.8. The van der Waals surface area contributed by atoms with Gasteiger partial charge in [0.25, 0.3) is 0 Å². The minimum atomic E-state index is -3.84. The zero-order chi connectivity index (χ0) is 24.9. The Hall–Kier alpha value is -2.27. The van der Waals surface area contributed by atoms with Crippen molar-refractivity contribution < 1.29 is 27.8 Å². The van der Waals surface area contributed by atoms with E-state index >= 15 is 0 Å². The van der Waals surface area contributed by atoms with Crippen LogP contribution in [0.4, 0.5) is 11.4 Å². The summed E-state index contributed by atoms with van der Waals surface area (Å²) in [5.74, 6) is -0.534. The molecule has 0 radical (unpaired) electrons. The molecule has 1 aliphatic heterocycles. The van der Waals surface area contributed by atoms with Crippen molar-refractivity contribution in [1.82, 2.24) is 4.31 Å². The number of sulfonamides is 1. The van der Waals surface area contributed by atoms with E-state index in [0.717, 1.165) is 24.9 Å². The summed E-state index contributed by atoms with van der Waals surface area (Å²) >= 11 is 1.40. The van der Waals surface area contributed by atoms with E-state index in [4.69, 9.17) is 4.74 Å². The molecule has 0 saturated carbocycles. The average molecular weight is 509 g/mol. The van der Waals surface area contributed by atoms with Gasteiger partial charge < -0.3 is 19.5 Å². The number of thioether (sulfide) groups is 1. The van der Waals surface area contributed by atoms with Gasteiger partial charge in [0.15, 0.2) is 6.10 Å². The monoisotopic (exact) mass is 508 g/mol. The number of carbonyl (C=O) groups excluding carboxylic acids is 1. The van der Waals surface area contributed by atoms with Crippen LogP contribution in [-0.2, 0) is 19.6 Å². The summed E-state index contributed by atoms with van der Waals surface area (Å²) in [6.07, 6.45) is 3.02. The lowest BCUT2D eigenvalue weighted by molar-refractivity contribution is -0.151. The van der Waals surface area contributed by atoms with Crippen LogP contribution in [0.25, 0.3) is 0 Å². The number of nitrogens with zero attached hydrogens (tertiary/aromatic N) is 2. The number of anilines is 2. The lowest BCUT2D eigenvalue weighted by atomic mass is 10.1. The molecule has 2 aromatic carbocycles. The average Bonchev–Trinajstić information content (AvgIpc) is 2.93. The Morgan fingerprint density at radius 1 is 1.26 bits per heavy atom. The highest BCUT2D eigenvalue weighted by molar-refractivity contribution is 7.98. The van der Waals surface area contributed by atoms with Crippen molar-refractivity contribution in [2.75, 3.05) is 38.5 Å². The van der Waals surface area contributed by atoms with E-state index in [0.29, 0.717) is 17.1 Å². The van der Waals surface area contributed by atoms with Gasteiger partial charge in [0.2, 0.25) is 10.0 Å². The molecule has 2 unspecified atom stereocenters. The number of ether oxygens (including phenoxy) is 2. The Morgan fingerprint density at radius 3 is 2.59 bits per heavy atom. The van der Waals surface area contributed by atoms with E-state index < -0.39 is 22.1 Å². The maximum Gasteiger partial charge on any atom is 0.338 e. The van der Waals surface area contributed by atoms with E-state index in [1.165, 1.54) is 29.2 Å². The number of aliphatic hydroxyl groups excluding tert-OH is 1. The van der Waals surface area contributed by atoms with E-state index in [2.05, 4.69) is 11.7 Å². The third kappa shape index (κ3) is 5.51. The molecular formula is C24H32N2O6S2. The minimum absolute atomic E-state index is 0.123. The van der Waals surface area contributed by atoms with Gasteiger partial charge in [0.05, 0.1) is 17.7 Å². The van der Waals surface area contributed by atoms with Crippen molar-refractivity contribution in [2.45, 2.75) is 48.1 Å². The highest BCUT2D eigenvalue weighted by atomic mass is 32.2. The number of hydrogen-bond donors (Lipinski definition) is 1. The van der Waals surface area contributed by atoms with Crippen molar-refractivity contribution in [3.8, 4) is 5.75 Å². The molecule has 186 valence electrons. The van der Waals surface area contributed by atoms with Gasteiger partial charge in [-0.2, -0.15) is 4.31 Å². The van der Waals surface area contributed by atoms with Crippen molar-refractivity contribution in [3.05, 3.63) is 42.5 Å². The topological polar surface area (TPSA) is 96.4 Å². The second-order valence-corrected chi connectivity index (χ2v) is 10.9. The van der Waals surface area contributed by atoms with E-state index in [1.807, 2.05) is 41.5 Å². The predicted octanol–water partition coefficient (Wildman–Crippen LogP) is 3.65. The number of methoxy groups -OCH3 is 1. The Bertz CT molecular complexity index is 1090. The van der Waals surface area contributed by atoms with Crippen LogP contribution < -0.4 is 9.64 Å². The van der Waals surface area contributed by atoms with Crippen LogP contribution in [0.3, 0.4) is 0 Å². The highest BCUT2D eigenvalue weighted by Gasteiger charge is 2.37. The molecule has 0 bridgehead atoms. The minimum Gasteiger partial charge on any atom is -0.489 e. The zero-order valence-corrected chi connectivity index (χ0v) is 21.6. The highest BCUT2D eigenvalue weighted by Crippen LogP contribution is 2.43. The Balaban J connectivity index is 2.13. The smallest absolute Gasteiger partial charge is 0.338 e. The van der Waals surface area contributed by atoms with Crippen LogP contribution in [-0.4, -0.2) is 69.5 Å². The molecule has 3 rings (SSSR count). The van der Waals surface area contributed by atoms with Crippen LogP contribution in [0.2, 0.25) is 0 Å². The van der Waals surface area contributed by atoms with Crippen LogP contribution in [0.5, 0.6) is 5.75 Å². The molecule has 1 N–H and O–H groups in total. The molecule has 34 heavy (non-hydrogen) atoms. The first-order valence-electron chi connectivity index (χ1n) is 11.2. The quantitative estimate of drug-likeness (QED) is 0.405. The van der Waals surface area contributed by atoms with Gasteiger partial charge >= 0.3 is 5.97 Å². The number of fused-ring (bicyclic) bond motifs is 1. The third-order valence-corrected chi connectivity index (χ3v) is 8.63. The zero-order valence-electron chi connectivity index (χ0n) is 19.9. The fraction of sp³-hybridized carbons (Fsp3) is 0.458. The number of para-hydroxylation sites is 1. The summed E-state index contributed by atoms with van der Waals surface area (Å²) < 4.78 is 39.2. The van der Waals surface area contributed by atoms with Gasteiger partial charge in [-0.05, 0) is 30.9 Å². The summed E-state index contributed by atoms with van der Waals surface area (Å²) in [7, 11) is -1.04. The molecule has 0 amide bonds. The summed E-state index contributed by atoms with van der Waals surface area (Å²) in [6.45, 7) is 2.25. The van der Waals surface area contributed by atoms with Gasteiger partial charge in [0.1, 0.15) is 17.3 Å². The SMILES string of the molecule is CCCCC1CN(c2ccccc2)c2cc(SC)c(OCC(O)C(=O)OC)cc2S(=O)(=O)N1C. The molecular weight excluding hydrogens is 476 g/mol. The maximum absolute atomic E-state index is 13.7. The predicted molar refractivity (Wildman–Crippen MR) is 133 cm³/mol. The maximum atomic E-state index is 13.7. The first kappa shape index (κ1) is 26.3. The lowest BCUT2D eigenvalue weighted by Crippen LogP contribution is -2.40. The molecule has 2 atom stereocenters. The number of rotatable bonds is 9. The molecule has 1 aliphatic rings. The largest absolute Gasteiger partial charge is 0.489 e. The molecule has 0 spiro atoms. The second kappa shape index (κ2) is 11.4. The molecule has 0 aromatic heterocycles. The number of likely N-dealkylation sites (N-methyl/N-ethyl adjacent to an activating group) is 1. The molecule has 0 saturated heterocycles. The van der Waals surface area contributed by atoms with E-state index in [1.54, 1.807) is 13.1 Å². The van der Waals surface area contributed by atoms with Crippen LogP contribution >= 0.6 is 11.8 Å². The Morgan fingerprint density at radius 2 is 1.97 bits per heavy atom. The molecule has 8 nitrogen and oxygen atoms in total.